The fourth-order valence-corrected chi connectivity index (χ4v) is 2.64. The lowest BCUT2D eigenvalue weighted by Gasteiger charge is -2.12. The number of hydrogen-bond donors (Lipinski definition) is 1. The van der Waals surface area contributed by atoms with Crippen LogP contribution in [0.1, 0.15) is 30.2 Å². The molecule has 0 aliphatic heterocycles. The van der Waals surface area contributed by atoms with Crippen molar-refractivity contribution >= 4 is 23.7 Å². The molecule has 3 nitrogen and oxygen atoms in total. The van der Waals surface area contributed by atoms with E-state index in [1.54, 1.807) is 18.4 Å². The van der Waals surface area contributed by atoms with Crippen molar-refractivity contribution < 1.29 is 9.47 Å². The number of methoxy groups -OCH3 is 1. The van der Waals surface area contributed by atoms with Gasteiger partial charge in [0.2, 0.25) is 0 Å². The normalized spacial score (nSPS) is 10.1. The van der Waals surface area contributed by atoms with Gasteiger partial charge in [-0.05, 0) is 42.1 Å². The van der Waals surface area contributed by atoms with Crippen LogP contribution in [0.3, 0.4) is 0 Å². The van der Waals surface area contributed by atoms with Gasteiger partial charge in [0.25, 0.3) is 0 Å². The molecule has 1 aromatic carbocycles. The molecule has 0 saturated carbocycles. The van der Waals surface area contributed by atoms with Crippen LogP contribution in [0.2, 0.25) is 0 Å². The predicted molar refractivity (Wildman–Crippen MR) is 95.5 cm³/mol. The molecule has 0 unspecified atom stereocenters. The maximum atomic E-state index is 5.84. The van der Waals surface area contributed by atoms with Crippen molar-refractivity contribution in [2.75, 3.05) is 13.7 Å². The molecule has 0 fully saturated rings. The van der Waals surface area contributed by atoms with Crippen LogP contribution in [-0.4, -0.2) is 13.7 Å². The van der Waals surface area contributed by atoms with Gasteiger partial charge in [0.15, 0.2) is 11.5 Å². The van der Waals surface area contributed by atoms with Crippen molar-refractivity contribution in [3.63, 3.8) is 0 Å². The van der Waals surface area contributed by atoms with Crippen molar-refractivity contribution in [1.29, 1.82) is 0 Å². The number of unbranched alkanes of at least 4 members (excludes halogenated alkanes) is 1. The highest BCUT2D eigenvalue weighted by Crippen LogP contribution is 2.29. The molecule has 2 rings (SSSR count). The molecular formula is C17H24ClNO2S. The summed E-state index contributed by atoms with van der Waals surface area (Å²) in [6.07, 6.45) is 2.42. The third-order valence-electron chi connectivity index (χ3n) is 3.21. The molecule has 5 heteroatoms. The maximum absolute atomic E-state index is 5.84. The fourth-order valence-electron chi connectivity index (χ4n) is 2.02. The molecule has 0 aliphatic carbocycles. The Morgan fingerprint density at radius 1 is 1.18 bits per heavy atom. The second kappa shape index (κ2) is 10.5. The number of rotatable bonds is 9. The number of nitrogens with one attached hydrogen (secondary N) is 1. The van der Waals surface area contributed by atoms with E-state index in [1.165, 1.54) is 23.3 Å². The lowest BCUT2D eigenvalue weighted by Crippen LogP contribution is -2.14. The van der Waals surface area contributed by atoms with Gasteiger partial charge in [0, 0.05) is 11.4 Å². The maximum Gasteiger partial charge on any atom is 0.161 e. The van der Waals surface area contributed by atoms with Crippen molar-refractivity contribution in [3.8, 4) is 11.5 Å². The molecule has 0 saturated heterocycles. The van der Waals surface area contributed by atoms with E-state index in [2.05, 4.69) is 29.8 Å². The minimum Gasteiger partial charge on any atom is -0.493 e. The SMILES string of the molecule is CCCCNCc1ccc(OCc2cccs2)c(OC)c1.Cl. The summed E-state index contributed by atoms with van der Waals surface area (Å²) in [6.45, 7) is 4.70. The lowest BCUT2D eigenvalue weighted by atomic mass is 10.2. The molecule has 1 N–H and O–H groups in total. The number of hydrogen-bond acceptors (Lipinski definition) is 4. The number of thiophene rings is 1. The van der Waals surface area contributed by atoms with E-state index in [0.717, 1.165) is 24.6 Å². The van der Waals surface area contributed by atoms with Crippen LogP contribution >= 0.6 is 23.7 Å². The molecule has 0 spiro atoms. The third-order valence-corrected chi connectivity index (χ3v) is 4.06. The van der Waals surface area contributed by atoms with Crippen LogP contribution in [-0.2, 0) is 13.2 Å². The molecule has 2 aromatic rings. The summed E-state index contributed by atoms with van der Waals surface area (Å²) in [7, 11) is 1.68. The Labute approximate surface area is 143 Å². The summed E-state index contributed by atoms with van der Waals surface area (Å²) in [5, 5.41) is 5.49. The Kier molecular flexibility index (Phi) is 8.97. The molecule has 0 bridgehead atoms. The highest BCUT2D eigenvalue weighted by atomic mass is 35.5. The van der Waals surface area contributed by atoms with E-state index < -0.39 is 0 Å². The van der Waals surface area contributed by atoms with E-state index in [0.29, 0.717) is 6.61 Å². The summed E-state index contributed by atoms with van der Waals surface area (Å²) >= 11 is 1.70. The average molecular weight is 342 g/mol. The van der Waals surface area contributed by atoms with Gasteiger partial charge in [-0.15, -0.1) is 23.7 Å². The molecule has 0 radical (unpaired) electrons. The Morgan fingerprint density at radius 3 is 2.73 bits per heavy atom. The third kappa shape index (κ3) is 5.87. The number of ether oxygens (including phenoxy) is 2. The zero-order valence-electron chi connectivity index (χ0n) is 13.1. The molecule has 0 atom stereocenters. The Hall–Kier alpha value is -1.23. The van der Waals surface area contributed by atoms with Crippen LogP contribution in [0.4, 0.5) is 0 Å². The van der Waals surface area contributed by atoms with Crippen LogP contribution in [0.15, 0.2) is 35.7 Å². The second-order valence-electron chi connectivity index (χ2n) is 4.88. The second-order valence-corrected chi connectivity index (χ2v) is 5.92. The van der Waals surface area contributed by atoms with Crippen LogP contribution < -0.4 is 14.8 Å². The Balaban J connectivity index is 0.00000242. The van der Waals surface area contributed by atoms with Gasteiger partial charge in [-0.25, -0.2) is 0 Å². The van der Waals surface area contributed by atoms with Crippen LogP contribution in [0.25, 0.3) is 0 Å². The first-order valence-electron chi connectivity index (χ1n) is 7.36. The molecule has 22 heavy (non-hydrogen) atoms. The first kappa shape index (κ1) is 18.8. The van der Waals surface area contributed by atoms with Gasteiger partial charge in [-0.3, -0.25) is 0 Å². The Bertz CT molecular complexity index is 531. The van der Waals surface area contributed by atoms with Gasteiger partial charge < -0.3 is 14.8 Å². The van der Waals surface area contributed by atoms with Gasteiger partial charge in [-0.2, -0.15) is 0 Å². The molecular weight excluding hydrogens is 318 g/mol. The van der Waals surface area contributed by atoms with Gasteiger partial charge in [0.05, 0.1) is 7.11 Å². The van der Waals surface area contributed by atoms with E-state index in [4.69, 9.17) is 9.47 Å². The minimum atomic E-state index is 0. The standard InChI is InChI=1S/C17H23NO2S.ClH/c1-3-4-9-18-12-14-7-8-16(17(11-14)19-2)20-13-15-6-5-10-21-15;/h5-8,10-11,18H,3-4,9,12-13H2,1-2H3;1H. The quantitative estimate of drug-likeness (QED) is 0.673. The first-order valence-corrected chi connectivity index (χ1v) is 8.24. The van der Waals surface area contributed by atoms with E-state index >= 15 is 0 Å². The van der Waals surface area contributed by atoms with Crippen molar-refractivity contribution in [1.82, 2.24) is 5.32 Å². The summed E-state index contributed by atoms with van der Waals surface area (Å²) in [5.74, 6) is 1.59. The highest BCUT2D eigenvalue weighted by Gasteiger charge is 2.06. The fraction of sp³-hybridized carbons (Fsp3) is 0.412. The molecule has 0 aliphatic rings. The monoisotopic (exact) mass is 341 g/mol. The number of benzene rings is 1. The van der Waals surface area contributed by atoms with Crippen molar-refractivity contribution in [2.24, 2.45) is 0 Å². The van der Waals surface area contributed by atoms with Crippen molar-refractivity contribution in [3.05, 3.63) is 46.2 Å². The molecule has 1 heterocycles. The minimum absolute atomic E-state index is 0. The first-order chi connectivity index (χ1) is 10.3. The summed E-state index contributed by atoms with van der Waals surface area (Å²) < 4.78 is 11.3. The summed E-state index contributed by atoms with van der Waals surface area (Å²) in [4.78, 5) is 1.21. The Morgan fingerprint density at radius 2 is 2.05 bits per heavy atom. The largest absolute Gasteiger partial charge is 0.493 e. The smallest absolute Gasteiger partial charge is 0.161 e. The van der Waals surface area contributed by atoms with Crippen LogP contribution in [0, 0.1) is 0 Å². The van der Waals surface area contributed by atoms with Crippen molar-refractivity contribution in [2.45, 2.75) is 32.9 Å². The molecule has 0 amide bonds. The predicted octanol–water partition coefficient (Wildman–Crippen LogP) is 4.65. The van der Waals surface area contributed by atoms with Crippen LogP contribution in [0.5, 0.6) is 11.5 Å². The number of halogens is 1. The summed E-state index contributed by atoms with van der Waals surface area (Å²) in [5.41, 5.74) is 1.21. The van der Waals surface area contributed by atoms with Gasteiger partial charge in [0.1, 0.15) is 6.61 Å². The average Bonchev–Trinajstić information content (AvgIpc) is 3.03. The molecule has 1 aromatic heterocycles. The van der Waals surface area contributed by atoms with Gasteiger partial charge >= 0.3 is 0 Å². The van der Waals surface area contributed by atoms with E-state index in [9.17, 15) is 0 Å². The zero-order valence-corrected chi connectivity index (χ0v) is 14.8. The zero-order chi connectivity index (χ0) is 14.9. The lowest BCUT2D eigenvalue weighted by molar-refractivity contribution is 0.287. The molecule has 122 valence electrons. The van der Waals surface area contributed by atoms with E-state index in [1.807, 2.05) is 18.2 Å². The van der Waals surface area contributed by atoms with Gasteiger partial charge in [-0.1, -0.05) is 25.5 Å². The highest BCUT2D eigenvalue weighted by molar-refractivity contribution is 7.09. The van der Waals surface area contributed by atoms with E-state index in [-0.39, 0.29) is 12.4 Å². The summed E-state index contributed by atoms with van der Waals surface area (Å²) in [6, 6.07) is 10.2. The topological polar surface area (TPSA) is 30.5 Å².